The summed E-state index contributed by atoms with van der Waals surface area (Å²) in [4.78, 5) is 21.6. The molecule has 0 aromatic rings. The van der Waals surface area contributed by atoms with E-state index < -0.39 is 7.82 Å². The summed E-state index contributed by atoms with van der Waals surface area (Å²) in [6.07, 6.45) is 8.69. The van der Waals surface area contributed by atoms with Crippen molar-refractivity contribution >= 4 is 7.82 Å². The van der Waals surface area contributed by atoms with Gasteiger partial charge >= 0.3 is 7.82 Å². The second-order valence-corrected chi connectivity index (χ2v) is 5.96. The van der Waals surface area contributed by atoms with Crippen molar-refractivity contribution < 1.29 is 28.7 Å². The lowest BCUT2D eigenvalue weighted by atomic mass is 10.2. The first-order valence-electron chi connectivity index (χ1n) is 7.82. The molecule has 0 saturated heterocycles. The SMILES string of the molecule is CCCCOCC(CCCC)OCCCC.O=P(O)(O)O. The molecule has 0 heterocycles. The lowest BCUT2D eigenvalue weighted by Crippen LogP contribution is -2.21. The standard InChI is InChI=1S/C14H30O2.H3O4P/c1-4-7-10-14(16-12-9-6-3)13-15-11-8-5-2;1-5(2,3)4/h14H,4-13H2,1-3H3;(H3,1,2,3,4). The lowest BCUT2D eigenvalue weighted by molar-refractivity contribution is -0.0227. The molecule has 0 aromatic carbocycles. The van der Waals surface area contributed by atoms with Gasteiger partial charge in [-0.3, -0.25) is 0 Å². The summed E-state index contributed by atoms with van der Waals surface area (Å²) in [5.41, 5.74) is 0. The number of hydrogen-bond acceptors (Lipinski definition) is 3. The van der Waals surface area contributed by atoms with Gasteiger partial charge in [-0.15, -0.1) is 0 Å². The molecule has 0 saturated carbocycles. The Kier molecular flexibility index (Phi) is 18.2. The second kappa shape index (κ2) is 16.4. The second-order valence-electron chi connectivity index (χ2n) is 4.93. The van der Waals surface area contributed by atoms with Crippen LogP contribution in [0.3, 0.4) is 0 Å². The van der Waals surface area contributed by atoms with Gasteiger partial charge in [-0.2, -0.15) is 0 Å². The number of hydrogen-bond donors (Lipinski definition) is 3. The van der Waals surface area contributed by atoms with Crippen molar-refractivity contribution in [3.05, 3.63) is 0 Å². The first kappa shape index (κ1) is 23.3. The van der Waals surface area contributed by atoms with Crippen molar-refractivity contribution in [2.45, 2.75) is 71.8 Å². The van der Waals surface area contributed by atoms with Gasteiger partial charge in [0.05, 0.1) is 12.7 Å². The molecule has 1 atom stereocenters. The Hall–Kier alpha value is 0.0300. The molecule has 130 valence electrons. The Balaban J connectivity index is 0. The summed E-state index contributed by atoms with van der Waals surface area (Å²) >= 11 is 0. The minimum Gasteiger partial charge on any atom is -0.379 e. The number of unbranched alkanes of at least 4 members (excludes halogenated alkanes) is 3. The highest BCUT2D eigenvalue weighted by atomic mass is 31.2. The fourth-order valence-corrected chi connectivity index (χ4v) is 1.50. The Morgan fingerprint density at radius 2 is 1.38 bits per heavy atom. The third-order valence-corrected chi connectivity index (χ3v) is 2.68. The van der Waals surface area contributed by atoms with Crippen LogP contribution in [0, 0.1) is 0 Å². The fraction of sp³-hybridized carbons (Fsp3) is 1.00. The maximum atomic E-state index is 8.88. The quantitative estimate of drug-likeness (QED) is 0.376. The van der Waals surface area contributed by atoms with E-state index in [1.54, 1.807) is 0 Å². The van der Waals surface area contributed by atoms with Gasteiger partial charge in [-0.25, -0.2) is 4.57 Å². The van der Waals surface area contributed by atoms with Crippen LogP contribution in [0.15, 0.2) is 0 Å². The average Bonchev–Trinajstić information content (AvgIpc) is 2.38. The van der Waals surface area contributed by atoms with Crippen LogP contribution in [0.4, 0.5) is 0 Å². The van der Waals surface area contributed by atoms with Gasteiger partial charge in [0, 0.05) is 13.2 Å². The predicted octanol–water partition coefficient (Wildman–Crippen LogP) is 3.25. The van der Waals surface area contributed by atoms with Crippen molar-refractivity contribution in [3.63, 3.8) is 0 Å². The molecule has 0 spiro atoms. The van der Waals surface area contributed by atoms with Crippen molar-refractivity contribution in [1.82, 2.24) is 0 Å². The largest absolute Gasteiger partial charge is 0.466 e. The molecule has 0 aromatic heterocycles. The summed E-state index contributed by atoms with van der Waals surface area (Å²) in [6.45, 7) is 9.17. The van der Waals surface area contributed by atoms with Crippen LogP contribution in [-0.2, 0) is 14.0 Å². The van der Waals surface area contributed by atoms with Crippen molar-refractivity contribution in [1.29, 1.82) is 0 Å². The minimum absolute atomic E-state index is 0.323. The fourth-order valence-electron chi connectivity index (χ4n) is 1.50. The summed E-state index contributed by atoms with van der Waals surface area (Å²) < 4.78 is 20.4. The highest BCUT2D eigenvalue weighted by Crippen LogP contribution is 2.25. The minimum atomic E-state index is -4.64. The first-order valence-corrected chi connectivity index (χ1v) is 9.39. The molecule has 0 amide bonds. The molecule has 0 bridgehead atoms. The van der Waals surface area contributed by atoms with Gasteiger partial charge in [-0.05, 0) is 19.3 Å². The smallest absolute Gasteiger partial charge is 0.379 e. The lowest BCUT2D eigenvalue weighted by Gasteiger charge is -2.17. The summed E-state index contributed by atoms with van der Waals surface area (Å²) in [5, 5.41) is 0. The van der Waals surface area contributed by atoms with E-state index in [-0.39, 0.29) is 0 Å². The molecule has 1 unspecified atom stereocenters. The Bertz CT molecular complexity index is 235. The summed E-state index contributed by atoms with van der Waals surface area (Å²) in [5.74, 6) is 0. The van der Waals surface area contributed by atoms with Gasteiger partial charge in [0.25, 0.3) is 0 Å². The van der Waals surface area contributed by atoms with Gasteiger partial charge < -0.3 is 24.2 Å². The maximum Gasteiger partial charge on any atom is 0.466 e. The predicted molar refractivity (Wildman–Crippen MR) is 84.2 cm³/mol. The van der Waals surface area contributed by atoms with Crippen LogP contribution >= 0.6 is 7.82 Å². The Morgan fingerprint density at radius 3 is 1.86 bits per heavy atom. The van der Waals surface area contributed by atoms with Crippen LogP contribution in [-0.4, -0.2) is 40.6 Å². The van der Waals surface area contributed by atoms with E-state index >= 15 is 0 Å². The monoisotopic (exact) mass is 328 g/mol. The van der Waals surface area contributed by atoms with Gasteiger partial charge in [0.15, 0.2) is 0 Å². The van der Waals surface area contributed by atoms with Crippen LogP contribution < -0.4 is 0 Å². The van der Waals surface area contributed by atoms with Gasteiger partial charge in [0.2, 0.25) is 0 Å². The molecule has 6 nitrogen and oxygen atoms in total. The molecule has 0 rings (SSSR count). The molecule has 3 N–H and O–H groups in total. The van der Waals surface area contributed by atoms with Crippen molar-refractivity contribution in [2.75, 3.05) is 19.8 Å². The normalized spacial score (nSPS) is 12.7. The van der Waals surface area contributed by atoms with Crippen LogP contribution in [0.2, 0.25) is 0 Å². The Morgan fingerprint density at radius 1 is 0.905 bits per heavy atom. The van der Waals surface area contributed by atoms with Crippen LogP contribution in [0.5, 0.6) is 0 Å². The molecular formula is C14H33O6P. The highest BCUT2D eigenvalue weighted by molar-refractivity contribution is 7.45. The average molecular weight is 328 g/mol. The number of ether oxygens (including phenoxy) is 2. The molecule has 0 radical (unpaired) electrons. The number of rotatable bonds is 12. The third kappa shape index (κ3) is 28.8. The van der Waals surface area contributed by atoms with E-state index in [0.29, 0.717) is 6.10 Å². The zero-order valence-electron chi connectivity index (χ0n) is 13.7. The van der Waals surface area contributed by atoms with Crippen molar-refractivity contribution in [3.8, 4) is 0 Å². The van der Waals surface area contributed by atoms with Crippen LogP contribution in [0.25, 0.3) is 0 Å². The topological polar surface area (TPSA) is 96.2 Å². The molecular weight excluding hydrogens is 295 g/mol. The van der Waals surface area contributed by atoms with Gasteiger partial charge in [-0.1, -0.05) is 46.5 Å². The molecule has 0 aliphatic carbocycles. The first-order chi connectivity index (χ1) is 9.85. The summed E-state index contributed by atoms with van der Waals surface area (Å²) in [6, 6.07) is 0. The zero-order chi connectivity index (χ0) is 16.6. The number of phosphoric acid groups is 1. The molecule has 0 aliphatic rings. The van der Waals surface area contributed by atoms with E-state index in [0.717, 1.165) is 39.1 Å². The Labute approximate surface area is 129 Å². The summed E-state index contributed by atoms with van der Waals surface area (Å²) in [7, 11) is -4.64. The zero-order valence-corrected chi connectivity index (χ0v) is 14.6. The van der Waals surface area contributed by atoms with E-state index in [9.17, 15) is 0 Å². The van der Waals surface area contributed by atoms with Crippen LogP contribution in [0.1, 0.15) is 65.7 Å². The maximum absolute atomic E-state index is 8.88. The van der Waals surface area contributed by atoms with E-state index in [1.165, 1.54) is 25.7 Å². The molecule has 7 heteroatoms. The molecule has 21 heavy (non-hydrogen) atoms. The molecule has 0 fully saturated rings. The van der Waals surface area contributed by atoms with Crippen molar-refractivity contribution in [2.24, 2.45) is 0 Å². The molecule has 0 aliphatic heterocycles. The highest BCUT2D eigenvalue weighted by Gasteiger charge is 2.08. The van der Waals surface area contributed by atoms with E-state index in [1.807, 2.05) is 0 Å². The van der Waals surface area contributed by atoms with Gasteiger partial charge in [0.1, 0.15) is 0 Å². The van der Waals surface area contributed by atoms with E-state index in [4.69, 9.17) is 28.7 Å². The van der Waals surface area contributed by atoms with E-state index in [2.05, 4.69) is 20.8 Å². The third-order valence-electron chi connectivity index (χ3n) is 2.68.